The van der Waals surface area contributed by atoms with Crippen molar-refractivity contribution >= 4 is 11.9 Å². The molecule has 0 saturated heterocycles. The van der Waals surface area contributed by atoms with Crippen molar-refractivity contribution in [3.8, 4) is 0 Å². The second-order valence-electron chi connectivity index (χ2n) is 3.66. The summed E-state index contributed by atoms with van der Waals surface area (Å²) in [5.74, 6) is -2.60. The molecule has 0 bridgehead atoms. The van der Waals surface area contributed by atoms with E-state index in [0.29, 0.717) is 6.42 Å². The van der Waals surface area contributed by atoms with Gasteiger partial charge in [0.2, 0.25) is 0 Å². The van der Waals surface area contributed by atoms with Crippen LogP contribution in [0.25, 0.3) is 0 Å². The summed E-state index contributed by atoms with van der Waals surface area (Å²) >= 11 is 0. The molecule has 1 aromatic rings. The van der Waals surface area contributed by atoms with Crippen LogP contribution in [0.5, 0.6) is 0 Å². The Kier molecular flexibility index (Phi) is 4.94. The summed E-state index contributed by atoms with van der Waals surface area (Å²) < 4.78 is 0. The Bertz CT molecular complexity index is 409. The summed E-state index contributed by atoms with van der Waals surface area (Å²) in [7, 11) is 0. The van der Waals surface area contributed by atoms with Crippen molar-refractivity contribution in [3.63, 3.8) is 0 Å². The van der Waals surface area contributed by atoms with Crippen LogP contribution in [0.2, 0.25) is 0 Å². The van der Waals surface area contributed by atoms with E-state index in [2.05, 4.69) is 0 Å². The standard InChI is InChI=1S/C13H14O4/c14-12(15)8-4-7-11(13(16)17)9-10-5-2-1-3-6-10/h1-7,11H,8-9H2,(H,14,15)(H,16,17). The van der Waals surface area contributed by atoms with Gasteiger partial charge in [-0.25, -0.2) is 0 Å². The number of hydrogen-bond donors (Lipinski definition) is 2. The van der Waals surface area contributed by atoms with E-state index in [1.54, 1.807) is 0 Å². The van der Waals surface area contributed by atoms with Crippen LogP contribution in [0, 0.1) is 5.92 Å². The van der Waals surface area contributed by atoms with Crippen molar-refractivity contribution in [2.24, 2.45) is 5.92 Å². The SMILES string of the molecule is O=C(O)CC=CC(Cc1ccccc1)C(=O)O. The summed E-state index contributed by atoms with van der Waals surface area (Å²) in [5, 5.41) is 17.5. The van der Waals surface area contributed by atoms with Crippen LogP contribution in [-0.4, -0.2) is 22.2 Å². The molecule has 1 unspecified atom stereocenters. The van der Waals surface area contributed by atoms with Crippen LogP contribution >= 0.6 is 0 Å². The smallest absolute Gasteiger partial charge is 0.310 e. The molecule has 0 saturated carbocycles. The Morgan fingerprint density at radius 1 is 1.18 bits per heavy atom. The average molecular weight is 234 g/mol. The molecular weight excluding hydrogens is 220 g/mol. The topological polar surface area (TPSA) is 74.6 Å². The molecule has 4 nitrogen and oxygen atoms in total. The summed E-state index contributed by atoms with van der Waals surface area (Å²) in [6.45, 7) is 0. The van der Waals surface area contributed by atoms with Gasteiger partial charge >= 0.3 is 11.9 Å². The second-order valence-corrected chi connectivity index (χ2v) is 3.66. The Balaban J connectivity index is 2.64. The number of rotatable bonds is 6. The van der Waals surface area contributed by atoms with E-state index in [1.807, 2.05) is 30.3 Å². The Labute approximate surface area is 99.2 Å². The molecule has 0 spiro atoms. The van der Waals surface area contributed by atoms with Crippen LogP contribution in [0.15, 0.2) is 42.5 Å². The molecule has 90 valence electrons. The van der Waals surface area contributed by atoms with Gasteiger partial charge in [0.1, 0.15) is 0 Å². The lowest BCUT2D eigenvalue weighted by molar-refractivity contribution is -0.140. The van der Waals surface area contributed by atoms with E-state index in [0.717, 1.165) is 5.56 Å². The molecule has 17 heavy (non-hydrogen) atoms. The first-order valence-electron chi connectivity index (χ1n) is 5.25. The van der Waals surface area contributed by atoms with Crippen LogP contribution in [0.4, 0.5) is 0 Å². The second kappa shape index (κ2) is 6.48. The highest BCUT2D eigenvalue weighted by atomic mass is 16.4. The quantitative estimate of drug-likeness (QED) is 0.738. The fourth-order valence-electron chi connectivity index (χ4n) is 1.44. The van der Waals surface area contributed by atoms with E-state index < -0.39 is 17.9 Å². The van der Waals surface area contributed by atoms with Gasteiger partial charge in [0.15, 0.2) is 0 Å². The largest absolute Gasteiger partial charge is 0.481 e. The predicted molar refractivity (Wildman–Crippen MR) is 62.7 cm³/mol. The van der Waals surface area contributed by atoms with E-state index in [9.17, 15) is 9.59 Å². The van der Waals surface area contributed by atoms with Gasteiger partial charge in [-0.15, -0.1) is 0 Å². The van der Waals surface area contributed by atoms with Crippen LogP contribution in [0.3, 0.4) is 0 Å². The molecule has 0 aliphatic carbocycles. The number of aliphatic carboxylic acids is 2. The number of carbonyl (C=O) groups is 2. The lowest BCUT2D eigenvalue weighted by Gasteiger charge is -2.07. The summed E-state index contributed by atoms with van der Waals surface area (Å²) in [6.07, 6.45) is 3.03. The average Bonchev–Trinajstić information content (AvgIpc) is 2.28. The number of benzene rings is 1. The molecule has 0 aliphatic heterocycles. The van der Waals surface area contributed by atoms with Gasteiger partial charge in [0.05, 0.1) is 12.3 Å². The van der Waals surface area contributed by atoms with Crippen LogP contribution < -0.4 is 0 Å². The minimum atomic E-state index is -0.968. The molecule has 1 aromatic carbocycles. The summed E-state index contributed by atoms with van der Waals surface area (Å²) in [6, 6.07) is 9.24. The normalized spacial score (nSPS) is 12.5. The molecule has 0 amide bonds. The lowest BCUT2D eigenvalue weighted by Crippen LogP contribution is -2.14. The zero-order chi connectivity index (χ0) is 12.7. The Morgan fingerprint density at radius 3 is 2.35 bits per heavy atom. The van der Waals surface area contributed by atoms with E-state index in [-0.39, 0.29) is 6.42 Å². The highest BCUT2D eigenvalue weighted by molar-refractivity contribution is 5.73. The van der Waals surface area contributed by atoms with Crippen molar-refractivity contribution in [3.05, 3.63) is 48.0 Å². The first-order chi connectivity index (χ1) is 8.09. The van der Waals surface area contributed by atoms with Crippen molar-refractivity contribution < 1.29 is 19.8 Å². The van der Waals surface area contributed by atoms with E-state index in [1.165, 1.54) is 12.2 Å². The third-order valence-corrected chi connectivity index (χ3v) is 2.28. The molecule has 0 aliphatic rings. The fraction of sp³-hybridized carbons (Fsp3) is 0.231. The Morgan fingerprint density at radius 2 is 1.82 bits per heavy atom. The van der Waals surface area contributed by atoms with Gasteiger partial charge in [-0.05, 0) is 12.0 Å². The van der Waals surface area contributed by atoms with Gasteiger partial charge in [-0.1, -0.05) is 42.5 Å². The minimum Gasteiger partial charge on any atom is -0.481 e. The summed E-state index contributed by atoms with van der Waals surface area (Å²) in [4.78, 5) is 21.3. The monoisotopic (exact) mass is 234 g/mol. The van der Waals surface area contributed by atoms with Gasteiger partial charge in [-0.2, -0.15) is 0 Å². The molecule has 0 radical (unpaired) electrons. The van der Waals surface area contributed by atoms with E-state index in [4.69, 9.17) is 10.2 Å². The number of carboxylic acids is 2. The third-order valence-electron chi connectivity index (χ3n) is 2.28. The molecular formula is C13H14O4. The molecule has 2 N–H and O–H groups in total. The fourth-order valence-corrected chi connectivity index (χ4v) is 1.44. The van der Waals surface area contributed by atoms with E-state index >= 15 is 0 Å². The van der Waals surface area contributed by atoms with Crippen molar-refractivity contribution in [2.75, 3.05) is 0 Å². The van der Waals surface area contributed by atoms with Gasteiger partial charge in [0, 0.05) is 0 Å². The Hall–Kier alpha value is -2.10. The first kappa shape index (κ1) is 13.0. The number of carboxylic acid groups (broad SMARTS) is 2. The highest BCUT2D eigenvalue weighted by Crippen LogP contribution is 2.10. The third kappa shape index (κ3) is 4.97. The molecule has 0 fully saturated rings. The molecule has 1 atom stereocenters. The maximum absolute atomic E-state index is 11.0. The zero-order valence-electron chi connectivity index (χ0n) is 9.24. The van der Waals surface area contributed by atoms with Gasteiger partial charge in [-0.3, -0.25) is 9.59 Å². The number of hydrogen-bond acceptors (Lipinski definition) is 2. The van der Waals surface area contributed by atoms with Gasteiger partial charge < -0.3 is 10.2 Å². The van der Waals surface area contributed by atoms with Crippen molar-refractivity contribution in [1.82, 2.24) is 0 Å². The minimum absolute atomic E-state index is 0.154. The summed E-state index contributed by atoms with van der Waals surface area (Å²) in [5.41, 5.74) is 0.917. The molecule has 0 heterocycles. The van der Waals surface area contributed by atoms with Crippen molar-refractivity contribution in [2.45, 2.75) is 12.8 Å². The predicted octanol–water partition coefficient (Wildman–Crippen LogP) is 1.96. The van der Waals surface area contributed by atoms with Crippen LogP contribution in [0.1, 0.15) is 12.0 Å². The van der Waals surface area contributed by atoms with Crippen molar-refractivity contribution in [1.29, 1.82) is 0 Å². The van der Waals surface area contributed by atoms with Gasteiger partial charge in [0.25, 0.3) is 0 Å². The maximum Gasteiger partial charge on any atom is 0.310 e. The highest BCUT2D eigenvalue weighted by Gasteiger charge is 2.14. The maximum atomic E-state index is 11.0. The molecule has 0 aromatic heterocycles. The molecule has 4 heteroatoms. The molecule has 1 rings (SSSR count). The zero-order valence-corrected chi connectivity index (χ0v) is 9.24. The first-order valence-corrected chi connectivity index (χ1v) is 5.25. The van der Waals surface area contributed by atoms with Crippen LogP contribution in [-0.2, 0) is 16.0 Å². The lowest BCUT2D eigenvalue weighted by atomic mass is 9.99.